The van der Waals surface area contributed by atoms with Crippen LogP contribution < -0.4 is 14.8 Å². The fourth-order valence-electron chi connectivity index (χ4n) is 3.21. The average molecular weight is 376 g/mol. The zero-order valence-corrected chi connectivity index (χ0v) is 16.2. The van der Waals surface area contributed by atoms with E-state index in [1.165, 1.54) is 0 Å². The first-order chi connectivity index (χ1) is 13.6. The topological polar surface area (TPSA) is 71.3 Å². The van der Waals surface area contributed by atoms with E-state index >= 15 is 0 Å². The third-order valence-electron chi connectivity index (χ3n) is 4.54. The molecule has 0 aromatic heterocycles. The average Bonchev–Trinajstić information content (AvgIpc) is 3.05. The van der Waals surface area contributed by atoms with Gasteiger partial charge in [0.1, 0.15) is 29.2 Å². The summed E-state index contributed by atoms with van der Waals surface area (Å²) in [4.78, 5) is 12.4. The van der Waals surface area contributed by atoms with Crippen LogP contribution in [0.2, 0.25) is 0 Å². The van der Waals surface area contributed by atoms with Crippen LogP contribution in [0.25, 0.3) is 6.08 Å². The van der Waals surface area contributed by atoms with E-state index in [9.17, 15) is 10.1 Å². The SMILES string of the molecule is CCOc1cc2c(cc1/C=C(\C#N)C(=O)NCCc1ccccc1)O[C@H](C)C2. The number of fused-ring (bicyclic) bond motifs is 1. The number of nitrogens with one attached hydrogen (secondary N) is 1. The van der Waals surface area contributed by atoms with Crippen LogP contribution in [-0.4, -0.2) is 25.2 Å². The number of amides is 1. The van der Waals surface area contributed by atoms with Gasteiger partial charge in [0.15, 0.2) is 0 Å². The molecular formula is C23H24N2O3. The Morgan fingerprint density at radius 1 is 1.36 bits per heavy atom. The van der Waals surface area contributed by atoms with Crippen molar-refractivity contribution in [2.45, 2.75) is 32.8 Å². The molecular weight excluding hydrogens is 352 g/mol. The predicted molar refractivity (Wildman–Crippen MR) is 108 cm³/mol. The highest BCUT2D eigenvalue weighted by Crippen LogP contribution is 2.36. The molecule has 0 unspecified atom stereocenters. The quantitative estimate of drug-likeness (QED) is 0.591. The summed E-state index contributed by atoms with van der Waals surface area (Å²) in [6.45, 7) is 4.88. The highest BCUT2D eigenvalue weighted by molar-refractivity contribution is 6.02. The van der Waals surface area contributed by atoms with Gasteiger partial charge in [0.05, 0.1) is 6.61 Å². The van der Waals surface area contributed by atoms with Crippen molar-refractivity contribution < 1.29 is 14.3 Å². The first-order valence-electron chi connectivity index (χ1n) is 9.51. The lowest BCUT2D eigenvalue weighted by Crippen LogP contribution is -2.26. The van der Waals surface area contributed by atoms with Gasteiger partial charge in [0.25, 0.3) is 5.91 Å². The molecule has 0 spiro atoms. The molecule has 0 saturated heterocycles. The largest absolute Gasteiger partial charge is 0.493 e. The van der Waals surface area contributed by atoms with E-state index in [0.717, 1.165) is 23.3 Å². The standard InChI is InChI=1S/C23H24N2O3/c1-3-27-21-13-18-11-16(2)28-22(18)14-19(21)12-20(15-24)23(26)25-10-9-17-7-5-4-6-8-17/h4-8,12-14,16H,3,9-11H2,1-2H3,(H,25,26)/b20-12+/t16-/m1/s1. The molecule has 0 saturated carbocycles. The summed E-state index contributed by atoms with van der Waals surface area (Å²) in [6, 6.07) is 15.7. The second-order valence-electron chi connectivity index (χ2n) is 6.72. The number of ether oxygens (including phenoxy) is 2. The summed E-state index contributed by atoms with van der Waals surface area (Å²) in [7, 11) is 0. The lowest BCUT2D eigenvalue weighted by molar-refractivity contribution is -0.117. The van der Waals surface area contributed by atoms with Crippen LogP contribution in [0, 0.1) is 11.3 Å². The molecule has 1 N–H and O–H groups in total. The third kappa shape index (κ3) is 4.72. The van der Waals surface area contributed by atoms with E-state index in [4.69, 9.17) is 9.47 Å². The molecule has 0 radical (unpaired) electrons. The van der Waals surface area contributed by atoms with Crippen molar-refractivity contribution in [2.75, 3.05) is 13.2 Å². The molecule has 5 heteroatoms. The minimum Gasteiger partial charge on any atom is -0.493 e. The van der Waals surface area contributed by atoms with Crippen LogP contribution in [0.1, 0.15) is 30.5 Å². The van der Waals surface area contributed by atoms with Crippen LogP contribution >= 0.6 is 0 Å². The summed E-state index contributed by atoms with van der Waals surface area (Å²) >= 11 is 0. The van der Waals surface area contributed by atoms with Crippen molar-refractivity contribution in [3.63, 3.8) is 0 Å². The van der Waals surface area contributed by atoms with E-state index in [0.29, 0.717) is 30.9 Å². The Morgan fingerprint density at radius 3 is 2.86 bits per heavy atom. The van der Waals surface area contributed by atoms with Crippen LogP contribution in [0.5, 0.6) is 11.5 Å². The molecule has 0 fully saturated rings. The highest BCUT2D eigenvalue weighted by Gasteiger charge is 2.22. The number of hydrogen-bond donors (Lipinski definition) is 1. The van der Waals surface area contributed by atoms with Crippen LogP contribution in [0.4, 0.5) is 0 Å². The molecule has 1 aliphatic heterocycles. The van der Waals surface area contributed by atoms with E-state index < -0.39 is 5.91 Å². The number of nitrogens with zero attached hydrogens (tertiary/aromatic N) is 1. The van der Waals surface area contributed by atoms with Gasteiger partial charge in [0, 0.05) is 24.1 Å². The van der Waals surface area contributed by atoms with Gasteiger partial charge in [-0.25, -0.2) is 0 Å². The van der Waals surface area contributed by atoms with Gasteiger partial charge < -0.3 is 14.8 Å². The Morgan fingerprint density at radius 2 is 2.14 bits per heavy atom. The van der Waals surface area contributed by atoms with E-state index in [1.807, 2.05) is 62.4 Å². The highest BCUT2D eigenvalue weighted by atomic mass is 16.5. The maximum absolute atomic E-state index is 12.4. The Hall–Kier alpha value is -3.26. The van der Waals surface area contributed by atoms with Crippen molar-refractivity contribution >= 4 is 12.0 Å². The number of carbonyl (C=O) groups is 1. The smallest absolute Gasteiger partial charge is 0.261 e. The zero-order chi connectivity index (χ0) is 19.9. The Bertz CT molecular complexity index is 913. The van der Waals surface area contributed by atoms with E-state index in [-0.39, 0.29) is 11.7 Å². The second-order valence-corrected chi connectivity index (χ2v) is 6.72. The number of carbonyl (C=O) groups excluding carboxylic acids is 1. The Kier molecular flexibility index (Phi) is 6.33. The molecule has 1 amide bonds. The zero-order valence-electron chi connectivity index (χ0n) is 16.2. The van der Waals surface area contributed by atoms with Crippen LogP contribution in [-0.2, 0) is 17.6 Å². The van der Waals surface area contributed by atoms with Gasteiger partial charge in [-0.2, -0.15) is 5.26 Å². The molecule has 1 aliphatic rings. The number of nitriles is 1. The monoisotopic (exact) mass is 376 g/mol. The molecule has 1 heterocycles. The summed E-state index contributed by atoms with van der Waals surface area (Å²) in [5.41, 5.74) is 2.93. The summed E-state index contributed by atoms with van der Waals surface area (Å²) in [6.07, 6.45) is 3.21. The van der Waals surface area contributed by atoms with Gasteiger partial charge in [-0.15, -0.1) is 0 Å². The Balaban J connectivity index is 1.75. The molecule has 2 aromatic carbocycles. The third-order valence-corrected chi connectivity index (χ3v) is 4.54. The summed E-state index contributed by atoms with van der Waals surface area (Å²) in [5.74, 6) is 1.04. The first kappa shape index (κ1) is 19.5. The van der Waals surface area contributed by atoms with Crippen molar-refractivity contribution in [2.24, 2.45) is 0 Å². The lowest BCUT2D eigenvalue weighted by Gasteiger charge is -2.11. The van der Waals surface area contributed by atoms with Crippen LogP contribution in [0.15, 0.2) is 48.0 Å². The fraction of sp³-hybridized carbons (Fsp3) is 0.304. The molecule has 3 rings (SSSR count). The van der Waals surface area contributed by atoms with E-state index in [1.54, 1.807) is 6.08 Å². The second kappa shape index (κ2) is 9.09. The minimum atomic E-state index is -0.393. The maximum atomic E-state index is 12.4. The molecule has 144 valence electrons. The van der Waals surface area contributed by atoms with Gasteiger partial charge in [-0.1, -0.05) is 30.3 Å². The molecule has 28 heavy (non-hydrogen) atoms. The van der Waals surface area contributed by atoms with Crippen molar-refractivity contribution in [3.8, 4) is 17.6 Å². The van der Waals surface area contributed by atoms with E-state index in [2.05, 4.69) is 5.32 Å². The molecule has 5 nitrogen and oxygen atoms in total. The fourth-order valence-corrected chi connectivity index (χ4v) is 3.21. The molecule has 0 bridgehead atoms. The number of benzene rings is 2. The number of rotatable bonds is 7. The molecule has 0 aliphatic carbocycles. The maximum Gasteiger partial charge on any atom is 0.261 e. The summed E-state index contributed by atoms with van der Waals surface area (Å²) in [5, 5.41) is 12.3. The van der Waals surface area contributed by atoms with Crippen molar-refractivity contribution in [1.82, 2.24) is 5.32 Å². The minimum absolute atomic E-state index is 0.0417. The predicted octanol–water partition coefficient (Wildman–Crippen LogP) is 3.67. The van der Waals surface area contributed by atoms with Crippen LogP contribution in [0.3, 0.4) is 0 Å². The number of hydrogen-bond acceptors (Lipinski definition) is 4. The lowest BCUT2D eigenvalue weighted by atomic mass is 10.0. The van der Waals surface area contributed by atoms with Crippen molar-refractivity contribution in [1.29, 1.82) is 5.26 Å². The van der Waals surface area contributed by atoms with Gasteiger partial charge in [-0.3, -0.25) is 4.79 Å². The van der Waals surface area contributed by atoms with Gasteiger partial charge in [0.2, 0.25) is 0 Å². The first-order valence-corrected chi connectivity index (χ1v) is 9.51. The van der Waals surface area contributed by atoms with Gasteiger partial charge >= 0.3 is 0 Å². The van der Waals surface area contributed by atoms with Gasteiger partial charge in [-0.05, 0) is 44.0 Å². The molecule has 2 aromatic rings. The normalized spacial score (nSPS) is 15.3. The summed E-state index contributed by atoms with van der Waals surface area (Å²) < 4.78 is 11.5. The van der Waals surface area contributed by atoms with Crippen molar-refractivity contribution in [3.05, 3.63) is 64.7 Å². The Labute approximate surface area is 165 Å². The molecule has 1 atom stereocenters.